The Morgan fingerprint density at radius 3 is 2.29 bits per heavy atom. The lowest BCUT2D eigenvalue weighted by Gasteiger charge is -2.22. The third-order valence-electron chi connectivity index (χ3n) is 7.68. The number of carbonyl (C=O) groups excluding carboxylic acids is 1. The first kappa shape index (κ1) is 27.5. The van der Waals surface area contributed by atoms with Crippen LogP contribution >= 0.6 is 11.6 Å². The molecule has 210 valence electrons. The van der Waals surface area contributed by atoms with Crippen LogP contribution in [0.4, 0.5) is 0 Å². The smallest absolute Gasteiger partial charge is 0.258 e. The first-order valence-corrected chi connectivity index (χ1v) is 14.4. The molecule has 42 heavy (non-hydrogen) atoms. The zero-order valence-electron chi connectivity index (χ0n) is 23.4. The number of hydrogen-bond donors (Lipinski definition) is 1. The Morgan fingerprint density at radius 2 is 1.62 bits per heavy atom. The number of rotatable bonds is 7. The number of fused-ring (bicyclic) bond motifs is 1. The van der Waals surface area contributed by atoms with Crippen LogP contribution in [-0.2, 0) is 4.79 Å². The number of nitrogens with one attached hydrogen (secondary N) is 1. The van der Waals surface area contributed by atoms with Crippen LogP contribution in [0.5, 0.6) is 5.75 Å². The Hall–Kier alpha value is -4.68. The fourth-order valence-corrected chi connectivity index (χ4v) is 5.78. The van der Waals surface area contributed by atoms with E-state index in [9.17, 15) is 9.59 Å². The number of aromatic nitrogens is 1. The summed E-state index contributed by atoms with van der Waals surface area (Å²) in [6, 6.07) is 31.0. The van der Waals surface area contributed by atoms with E-state index in [2.05, 4.69) is 17.1 Å². The van der Waals surface area contributed by atoms with Gasteiger partial charge >= 0.3 is 0 Å². The highest BCUT2D eigenvalue weighted by atomic mass is 35.5. The Morgan fingerprint density at radius 1 is 0.929 bits per heavy atom. The van der Waals surface area contributed by atoms with E-state index in [0.29, 0.717) is 41.1 Å². The molecule has 0 spiro atoms. The summed E-state index contributed by atoms with van der Waals surface area (Å²) in [5.41, 5.74) is 6.20. The van der Waals surface area contributed by atoms with E-state index in [1.54, 1.807) is 18.2 Å². The minimum atomic E-state index is -0.331. The van der Waals surface area contributed by atoms with Gasteiger partial charge in [0.25, 0.3) is 5.56 Å². The summed E-state index contributed by atoms with van der Waals surface area (Å²) in [5, 5.41) is 7.81. The minimum absolute atomic E-state index is 0.0711. The van der Waals surface area contributed by atoms with Gasteiger partial charge in [-0.05, 0) is 59.0 Å². The average Bonchev–Trinajstić information content (AvgIpc) is 3.46. The lowest BCUT2D eigenvalue weighted by Crippen LogP contribution is -2.26. The molecule has 1 unspecified atom stereocenters. The van der Waals surface area contributed by atoms with E-state index in [0.717, 1.165) is 39.0 Å². The summed E-state index contributed by atoms with van der Waals surface area (Å²) in [6.45, 7) is 1.97. The predicted molar refractivity (Wildman–Crippen MR) is 169 cm³/mol. The van der Waals surface area contributed by atoms with E-state index in [-0.39, 0.29) is 17.5 Å². The molecule has 2 heterocycles. The molecule has 5 aromatic rings. The van der Waals surface area contributed by atoms with Crippen LogP contribution in [0.15, 0.2) is 107 Å². The van der Waals surface area contributed by atoms with E-state index in [1.807, 2.05) is 85.8 Å². The van der Waals surface area contributed by atoms with Crippen LogP contribution in [0.3, 0.4) is 0 Å². The van der Waals surface area contributed by atoms with Gasteiger partial charge < -0.3 is 9.72 Å². The Balaban J connectivity index is 1.44. The zero-order valence-corrected chi connectivity index (χ0v) is 24.2. The van der Waals surface area contributed by atoms with Gasteiger partial charge in [0, 0.05) is 34.3 Å². The summed E-state index contributed by atoms with van der Waals surface area (Å²) < 4.78 is 5.29. The second kappa shape index (κ2) is 11.7. The third kappa shape index (κ3) is 5.21. The molecule has 7 heteroatoms. The molecule has 0 radical (unpaired) electrons. The molecule has 0 saturated heterocycles. The van der Waals surface area contributed by atoms with Crippen molar-refractivity contribution >= 4 is 34.1 Å². The fraction of sp³-hybridized carbons (Fsp3) is 0.171. The minimum Gasteiger partial charge on any atom is -0.497 e. The third-order valence-corrected chi connectivity index (χ3v) is 7.91. The number of methoxy groups -OCH3 is 1. The van der Waals surface area contributed by atoms with Crippen molar-refractivity contribution in [2.75, 3.05) is 7.11 Å². The van der Waals surface area contributed by atoms with Crippen LogP contribution < -0.4 is 10.3 Å². The van der Waals surface area contributed by atoms with Crippen molar-refractivity contribution in [3.8, 4) is 28.0 Å². The molecule has 4 aromatic carbocycles. The van der Waals surface area contributed by atoms with E-state index >= 15 is 0 Å². The first-order chi connectivity index (χ1) is 20.5. The monoisotopic (exact) mass is 575 g/mol. The second-order valence-electron chi connectivity index (χ2n) is 10.4. The fourth-order valence-electron chi connectivity index (χ4n) is 5.61. The maximum Gasteiger partial charge on any atom is 0.258 e. The van der Waals surface area contributed by atoms with Gasteiger partial charge in [0.05, 0.1) is 24.4 Å². The number of amides is 1. The number of H-pyrrole nitrogens is 1. The van der Waals surface area contributed by atoms with Crippen LogP contribution in [0, 0.1) is 0 Å². The molecule has 1 aromatic heterocycles. The summed E-state index contributed by atoms with van der Waals surface area (Å²) in [4.78, 5) is 30.1. The molecule has 1 aliphatic rings. The summed E-state index contributed by atoms with van der Waals surface area (Å²) in [7, 11) is 1.65. The van der Waals surface area contributed by atoms with Crippen molar-refractivity contribution in [3.63, 3.8) is 0 Å². The lowest BCUT2D eigenvalue weighted by molar-refractivity contribution is -0.133. The van der Waals surface area contributed by atoms with Crippen molar-refractivity contribution in [2.45, 2.75) is 32.2 Å². The number of pyridine rings is 1. The number of ether oxygens (including phenoxy) is 1. The predicted octanol–water partition coefficient (Wildman–Crippen LogP) is 8.00. The molecule has 1 atom stereocenters. The number of hydrazone groups is 1. The van der Waals surface area contributed by atoms with Gasteiger partial charge in [0.2, 0.25) is 5.91 Å². The van der Waals surface area contributed by atoms with Crippen molar-refractivity contribution < 1.29 is 9.53 Å². The molecule has 0 bridgehead atoms. The highest BCUT2D eigenvalue weighted by Gasteiger charge is 2.35. The molecule has 6 nitrogen and oxygen atoms in total. The number of aromatic amines is 1. The summed E-state index contributed by atoms with van der Waals surface area (Å²) >= 11 is 6.42. The molecule has 0 fully saturated rings. The number of benzene rings is 4. The van der Waals surface area contributed by atoms with Crippen LogP contribution in [-0.4, -0.2) is 28.7 Å². The van der Waals surface area contributed by atoms with E-state index < -0.39 is 0 Å². The van der Waals surface area contributed by atoms with Crippen molar-refractivity contribution in [1.29, 1.82) is 0 Å². The highest BCUT2D eigenvalue weighted by molar-refractivity contribution is 6.31. The van der Waals surface area contributed by atoms with Gasteiger partial charge in [-0.15, -0.1) is 0 Å². The molecule has 0 saturated carbocycles. The van der Waals surface area contributed by atoms with Gasteiger partial charge in [0.1, 0.15) is 5.75 Å². The quantitative estimate of drug-likeness (QED) is 0.214. The highest BCUT2D eigenvalue weighted by Crippen LogP contribution is 2.38. The molecule has 0 aliphatic carbocycles. The standard InChI is InChI=1S/C35H30ClN3O3/c1-3-7-32(40)39-31(24-12-10-22(11-13-24)23-14-17-27(42-2)18-15-23)21-30(38-39)34-33(25-8-5-4-6-9-25)28-20-26(36)16-19-29(28)37-35(34)41/h4-6,8-20,31H,3,7,21H2,1-2H3,(H,37,41). The maximum atomic E-state index is 13.7. The maximum absolute atomic E-state index is 13.7. The van der Waals surface area contributed by atoms with Gasteiger partial charge in [-0.25, -0.2) is 5.01 Å². The lowest BCUT2D eigenvalue weighted by atomic mass is 9.90. The van der Waals surface area contributed by atoms with Crippen LogP contribution in [0.2, 0.25) is 5.02 Å². The molecule has 6 rings (SSSR count). The first-order valence-electron chi connectivity index (χ1n) is 14.0. The van der Waals surface area contributed by atoms with Crippen molar-refractivity contribution in [3.05, 3.63) is 124 Å². The number of nitrogens with zero attached hydrogens (tertiary/aromatic N) is 2. The SMILES string of the molecule is CCCC(=O)N1N=C(c2c(-c3ccccc3)c3cc(Cl)ccc3[nH]c2=O)CC1c1ccc(-c2ccc(OC)cc2)cc1. The van der Waals surface area contributed by atoms with Gasteiger partial charge in [-0.1, -0.05) is 85.3 Å². The summed E-state index contributed by atoms with van der Waals surface area (Å²) in [5.74, 6) is 0.732. The van der Waals surface area contributed by atoms with Crippen LogP contribution in [0.25, 0.3) is 33.2 Å². The van der Waals surface area contributed by atoms with E-state index in [4.69, 9.17) is 21.4 Å². The van der Waals surface area contributed by atoms with Gasteiger partial charge in [-0.3, -0.25) is 9.59 Å². The molecule has 1 N–H and O–H groups in total. The molecular weight excluding hydrogens is 546 g/mol. The topological polar surface area (TPSA) is 74.8 Å². The summed E-state index contributed by atoms with van der Waals surface area (Å²) in [6.07, 6.45) is 1.48. The van der Waals surface area contributed by atoms with E-state index in [1.165, 1.54) is 0 Å². The largest absolute Gasteiger partial charge is 0.497 e. The number of halogens is 1. The average molecular weight is 576 g/mol. The normalized spacial score (nSPS) is 14.7. The number of hydrogen-bond acceptors (Lipinski definition) is 4. The van der Waals surface area contributed by atoms with Crippen molar-refractivity contribution in [2.24, 2.45) is 5.10 Å². The van der Waals surface area contributed by atoms with Gasteiger partial charge in [0.15, 0.2) is 0 Å². The Labute approximate surface area is 249 Å². The van der Waals surface area contributed by atoms with Gasteiger partial charge in [-0.2, -0.15) is 5.10 Å². The van der Waals surface area contributed by atoms with Crippen molar-refractivity contribution in [1.82, 2.24) is 9.99 Å². The molecule has 1 amide bonds. The molecule has 1 aliphatic heterocycles. The van der Waals surface area contributed by atoms with Crippen LogP contribution in [0.1, 0.15) is 43.4 Å². The zero-order chi connectivity index (χ0) is 29.2. The number of carbonyl (C=O) groups is 1. The second-order valence-corrected chi connectivity index (χ2v) is 10.8. The Bertz CT molecular complexity index is 1850. The molecular formula is C35H30ClN3O3. The Kier molecular flexibility index (Phi) is 7.64.